The van der Waals surface area contributed by atoms with Gasteiger partial charge in [0.2, 0.25) is 0 Å². The van der Waals surface area contributed by atoms with E-state index in [1.165, 1.54) is 12.6 Å². The van der Waals surface area contributed by atoms with Gasteiger partial charge in [0.05, 0.1) is 4.92 Å². The van der Waals surface area contributed by atoms with Crippen molar-refractivity contribution in [2.75, 3.05) is 5.32 Å². The Balaban J connectivity index is 2.07. The standard InChI is InChI=1S/C9H13N3O2S/c1-2-9(4-3-5-9)11-8-10-6-7(15-8)12(13)14/h6H,2-5H2,1H3,(H,10,11). The van der Waals surface area contributed by atoms with E-state index >= 15 is 0 Å². The van der Waals surface area contributed by atoms with Gasteiger partial charge in [0.1, 0.15) is 6.20 Å². The highest BCUT2D eigenvalue weighted by atomic mass is 32.1. The van der Waals surface area contributed by atoms with Crippen molar-refractivity contribution in [2.45, 2.75) is 38.1 Å². The van der Waals surface area contributed by atoms with Gasteiger partial charge in [0.25, 0.3) is 0 Å². The van der Waals surface area contributed by atoms with Crippen LogP contribution in [-0.4, -0.2) is 15.4 Å². The van der Waals surface area contributed by atoms with Crippen molar-refractivity contribution < 1.29 is 4.92 Å². The molecule has 0 aliphatic heterocycles. The van der Waals surface area contributed by atoms with Gasteiger partial charge in [-0.1, -0.05) is 6.92 Å². The smallest absolute Gasteiger partial charge is 0.345 e. The van der Waals surface area contributed by atoms with Crippen molar-refractivity contribution >= 4 is 21.5 Å². The highest BCUT2D eigenvalue weighted by molar-refractivity contribution is 7.18. The van der Waals surface area contributed by atoms with Crippen molar-refractivity contribution in [1.29, 1.82) is 0 Å². The van der Waals surface area contributed by atoms with Crippen LogP contribution >= 0.6 is 11.3 Å². The molecular weight excluding hydrogens is 214 g/mol. The number of anilines is 1. The normalized spacial score (nSPS) is 18.2. The Morgan fingerprint density at radius 3 is 2.87 bits per heavy atom. The number of nitro groups is 1. The molecular formula is C9H13N3O2S. The molecule has 1 N–H and O–H groups in total. The van der Waals surface area contributed by atoms with Gasteiger partial charge in [-0.25, -0.2) is 4.98 Å². The minimum atomic E-state index is -0.401. The molecule has 2 rings (SSSR count). The Bertz CT molecular complexity index is 368. The molecule has 0 aromatic carbocycles. The minimum absolute atomic E-state index is 0.100. The van der Waals surface area contributed by atoms with E-state index in [1.807, 2.05) is 0 Å². The summed E-state index contributed by atoms with van der Waals surface area (Å²) < 4.78 is 0. The van der Waals surface area contributed by atoms with Crippen LogP contribution in [0.15, 0.2) is 6.20 Å². The monoisotopic (exact) mass is 227 g/mol. The lowest BCUT2D eigenvalue weighted by Crippen LogP contribution is -2.44. The largest absolute Gasteiger partial charge is 0.356 e. The number of aromatic nitrogens is 1. The second-order valence-corrected chi connectivity index (χ2v) is 4.88. The SMILES string of the molecule is CCC1(Nc2ncc([N+](=O)[O-])s2)CCC1. The van der Waals surface area contributed by atoms with Gasteiger partial charge in [-0.3, -0.25) is 10.1 Å². The summed E-state index contributed by atoms with van der Waals surface area (Å²) in [5.74, 6) is 0. The predicted octanol–water partition coefficient (Wildman–Crippen LogP) is 2.80. The Morgan fingerprint density at radius 2 is 2.47 bits per heavy atom. The van der Waals surface area contributed by atoms with Crippen LogP contribution in [-0.2, 0) is 0 Å². The summed E-state index contributed by atoms with van der Waals surface area (Å²) in [4.78, 5) is 14.1. The van der Waals surface area contributed by atoms with Crippen LogP contribution in [0, 0.1) is 10.1 Å². The average Bonchev–Trinajstić information content (AvgIpc) is 2.59. The van der Waals surface area contributed by atoms with Crippen molar-refractivity contribution in [3.63, 3.8) is 0 Å². The van der Waals surface area contributed by atoms with E-state index in [9.17, 15) is 10.1 Å². The first kappa shape index (κ1) is 10.4. The summed E-state index contributed by atoms with van der Waals surface area (Å²) in [6.45, 7) is 2.13. The predicted molar refractivity (Wildman–Crippen MR) is 59.3 cm³/mol. The molecule has 1 heterocycles. The van der Waals surface area contributed by atoms with Crippen LogP contribution in [0.5, 0.6) is 0 Å². The molecule has 5 nitrogen and oxygen atoms in total. The van der Waals surface area contributed by atoms with E-state index in [4.69, 9.17) is 0 Å². The van der Waals surface area contributed by atoms with Crippen molar-refractivity contribution in [3.8, 4) is 0 Å². The minimum Gasteiger partial charge on any atom is -0.356 e. The Morgan fingerprint density at radius 1 is 1.73 bits per heavy atom. The van der Waals surface area contributed by atoms with Crippen molar-refractivity contribution in [3.05, 3.63) is 16.3 Å². The highest BCUT2D eigenvalue weighted by Gasteiger charge is 2.35. The third-order valence-corrected chi connectivity index (χ3v) is 3.90. The number of thiazole rings is 1. The van der Waals surface area contributed by atoms with E-state index in [2.05, 4.69) is 17.2 Å². The molecule has 1 fully saturated rings. The first-order valence-electron chi connectivity index (χ1n) is 5.04. The van der Waals surface area contributed by atoms with Gasteiger partial charge in [-0.15, -0.1) is 0 Å². The van der Waals surface area contributed by atoms with Crippen LogP contribution in [0.25, 0.3) is 0 Å². The zero-order valence-corrected chi connectivity index (χ0v) is 9.34. The molecule has 0 bridgehead atoms. The fraction of sp³-hybridized carbons (Fsp3) is 0.667. The maximum Gasteiger partial charge on any atom is 0.345 e. The summed E-state index contributed by atoms with van der Waals surface area (Å²) in [5.41, 5.74) is 0.145. The molecule has 1 aliphatic rings. The lowest BCUT2D eigenvalue weighted by atomic mass is 9.75. The molecule has 1 aromatic heterocycles. The fourth-order valence-corrected chi connectivity index (χ4v) is 2.56. The third-order valence-electron chi connectivity index (χ3n) is 3.03. The van der Waals surface area contributed by atoms with E-state index in [0.717, 1.165) is 30.6 Å². The Kier molecular flexibility index (Phi) is 2.60. The summed E-state index contributed by atoms with van der Waals surface area (Å²) in [5, 5.41) is 14.6. The van der Waals surface area contributed by atoms with Gasteiger partial charge in [-0.05, 0) is 37.0 Å². The van der Waals surface area contributed by atoms with Crippen molar-refractivity contribution in [1.82, 2.24) is 4.98 Å². The van der Waals surface area contributed by atoms with Crippen LogP contribution in [0.2, 0.25) is 0 Å². The topological polar surface area (TPSA) is 68.1 Å². The van der Waals surface area contributed by atoms with E-state index in [-0.39, 0.29) is 10.5 Å². The lowest BCUT2D eigenvalue weighted by Gasteiger charge is -2.41. The summed E-state index contributed by atoms with van der Waals surface area (Å²) in [7, 11) is 0. The summed E-state index contributed by atoms with van der Waals surface area (Å²) in [6.07, 6.45) is 5.86. The zero-order valence-electron chi connectivity index (χ0n) is 8.52. The third kappa shape index (κ3) is 1.94. The van der Waals surface area contributed by atoms with Crippen LogP contribution < -0.4 is 5.32 Å². The number of hydrogen-bond donors (Lipinski definition) is 1. The zero-order chi connectivity index (χ0) is 10.9. The Labute approximate surface area is 91.7 Å². The molecule has 1 saturated carbocycles. The van der Waals surface area contributed by atoms with Crippen molar-refractivity contribution in [2.24, 2.45) is 0 Å². The van der Waals surface area contributed by atoms with Gasteiger partial charge in [0.15, 0.2) is 5.13 Å². The molecule has 0 radical (unpaired) electrons. The molecule has 82 valence electrons. The molecule has 0 spiro atoms. The van der Waals surface area contributed by atoms with E-state index in [1.54, 1.807) is 0 Å². The van der Waals surface area contributed by atoms with E-state index in [0.29, 0.717) is 5.13 Å². The van der Waals surface area contributed by atoms with Gasteiger partial charge in [-0.2, -0.15) is 0 Å². The number of rotatable bonds is 4. The first-order chi connectivity index (χ1) is 7.15. The second kappa shape index (κ2) is 3.77. The molecule has 15 heavy (non-hydrogen) atoms. The van der Waals surface area contributed by atoms with Gasteiger partial charge >= 0.3 is 5.00 Å². The van der Waals surface area contributed by atoms with Crippen LogP contribution in [0.3, 0.4) is 0 Å². The molecule has 1 aromatic rings. The second-order valence-electron chi connectivity index (χ2n) is 3.87. The van der Waals surface area contributed by atoms with Gasteiger partial charge < -0.3 is 5.32 Å². The number of nitrogens with zero attached hydrogens (tertiary/aromatic N) is 2. The highest BCUT2D eigenvalue weighted by Crippen LogP contribution is 2.39. The molecule has 0 saturated heterocycles. The van der Waals surface area contributed by atoms with Crippen LogP contribution in [0.1, 0.15) is 32.6 Å². The maximum absolute atomic E-state index is 10.5. The molecule has 0 atom stereocenters. The Hall–Kier alpha value is -1.17. The lowest BCUT2D eigenvalue weighted by molar-refractivity contribution is -0.380. The summed E-state index contributed by atoms with van der Waals surface area (Å²) in [6, 6.07) is 0. The molecule has 0 amide bonds. The summed E-state index contributed by atoms with van der Waals surface area (Å²) >= 11 is 1.11. The van der Waals surface area contributed by atoms with Gasteiger partial charge in [0, 0.05) is 5.54 Å². The fourth-order valence-electron chi connectivity index (χ4n) is 1.81. The molecule has 6 heteroatoms. The van der Waals surface area contributed by atoms with E-state index < -0.39 is 4.92 Å². The molecule has 0 unspecified atom stereocenters. The number of hydrogen-bond acceptors (Lipinski definition) is 5. The quantitative estimate of drug-likeness (QED) is 0.634. The first-order valence-corrected chi connectivity index (χ1v) is 5.85. The number of nitrogens with one attached hydrogen (secondary N) is 1. The maximum atomic E-state index is 10.5. The van der Waals surface area contributed by atoms with Crippen LogP contribution in [0.4, 0.5) is 10.1 Å². The molecule has 1 aliphatic carbocycles. The average molecular weight is 227 g/mol.